The maximum atomic E-state index is 14.4. The van der Waals surface area contributed by atoms with Crippen LogP contribution in [-0.2, 0) is 14.3 Å². The van der Waals surface area contributed by atoms with E-state index in [1.165, 1.54) is 32.3 Å². The highest BCUT2D eigenvalue weighted by Gasteiger charge is 2.12. The van der Waals surface area contributed by atoms with Gasteiger partial charge in [0.2, 0.25) is 5.91 Å². The molecular formula is C18H24FN3O3. The van der Waals surface area contributed by atoms with Gasteiger partial charge in [0.1, 0.15) is 11.5 Å². The van der Waals surface area contributed by atoms with E-state index in [-0.39, 0.29) is 11.6 Å². The number of esters is 1. The number of rotatable bonds is 8. The van der Waals surface area contributed by atoms with E-state index < -0.39 is 11.8 Å². The van der Waals surface area contributed by atoms with Gasteiger partial charge in [0, 0.05) is 32.3 Å². The number of halogens is 1. The Balaban J connectivity index is 3.13. The molecule has 6 nitrogen and oxygen atoms in total. The lowest BCUT2D eigenvalue weighted by molar-refractivity contribution is -0.134. The van der Waals surface area contributed by atoms with Crippen molar-refractivity contribution in [2.75, 3.05) is 37.9 Å². The number of amides is 1. The molecule has 0 radical (unpaired) electrons. The molecule has 1 amide bonds. The Morgan fingerprint density at radius 2 is 2.08 bits per heavy atom. The number of nitrogens with one attached hydrogen (secondary N) is 2. The first-order valence-electron chi connectivity index (χ1n) is 7.78. The lowest BCUT2D eigenvalue weighted by Crippen LogP contribution is -2.22. The number of carbonyl (C=O) groups excluding carboxylic acids is 2. The van der Waals surface area contributed by atoms with Gasteiger partial charge in [-0.1, -0.05) is 6.58 Å². The first kappa shape index (κ1) is 20.2. The van der Waals surface area contributed by atoms with E-state index >= 15 is 0 Å². The van der Waals surface area contributed by atoms with Crippen molar-refractivity contribution in [2.24, 2.45) is 0 Å². The summed E-state index contributed by atoms with van der Waals surface area (Å²) < 4.78 is 18.9. The molecule has 0 aliphatic rings. The molecule has 1 aromatic rings. The molecule has 0 aliphatic carbocycles. The Labute approximate surface area is 147 Å². The number of hydrogen-bond acceptors (Lipinski definition) is 5. The molecule has 0 spiro atoms. The quantitative estimate of drug-likeness (QED) is 0.558. The van der Waals surface area contributed by atoms with Crippen LogP contribution in [0.25, 0.3) is 6.08 Å². The van der Waals surface area contributed by atoms with Crippen molar-refractivity contribution in [3.63, 3.8) is 0 Å². The van der Waals surface area contributed by atoms with Crippen molar-refractivity contribution < 1.29 is 18.7 Å². The summed E-state index contributed by atoms with van der Waals surface area (Å²) in [4.78, 5) is 24.5. The van der Waals surface area contributed by atoms with E-state index in [1.54, 1.807) is 6.07 Å². The van der Waals surface area contributed by atoms with Gasteiger partial charge >= 0.3 is 5.97 Å². The minimum absolute atomic E-state index is 0.0506. The predicted molar refractivity (Wildman–Crippen MR) is 97.7 cm³/mol. The average molecular weight is 349 g/mol. The van der Waals surface area contributed by atoms with Gasteiger partial charge in [0.15, 0.2) is 0 Å². The largest absolute Gasteiger partial charge is 0.466 e. The standard InChI is InChI=1S/C18H24FN3O3/c1-6-22(4)12(2)11-20-16-10-14(7-8-17(24)25-5)9-15(19)18(16)21-13(3)23/h7-10,20H,2,6,11H2,1,3-5H3,(H,21,23)/b8-7+. The summed E-state index contributed by atoms with van der Waals surface area (Å²) >= 11 is 0. The third kappa shape index (κ3) is 6.29. The van der Waals surface area contributed by atoms with Crippen molar-refractivity contribution in [1.82, 2.24) is 4.90 Å². The van der Waals surface area contributed by atoms with Gasteiger partial charge in [-0.15, -0.1) is 0 Å². The van der Waals surface area contributed by atoms with Crippen molar-refractivity contribution in [3.05, 3.63) is 41.9 Å². The Hall–Kier alpha value is -2.83. The Kier molecular flexibility index (Phi) is 7.65. The molecule has 0 saturated heterocycles. The van der Waals surface area contributed by atoms with Gasteiger partial charge in [-0.3, -0.25) is 4.79 Å². The monoisotopic (exact) mass is 349 g/mol. The van der Waals surface area contributed by atoms with E-state index in [4.69, 9.17) is 0 Å². The highest BCUT2D eigenvalue weighted by Crippen LogP contribution is 2.28. The summed E-state index contributed by atoms with van der Waals surface area (Å²) in [5, 5.41) is 5.55. The van der Waals surface area contributed by atoms with Gasteiger partial charge in [-0.25, -0.2) is 9.18 Å². The molecule has 0 unspecified atom stereocenters. The lowest BCUT2D eigenvalue weighted by atomic mass is 10.1. The average Bonchev–Trinajstić information content (AvgIpc) is 2.58. The van der Waals surface area contributed by atoms with Crippen molar-refractivity contribution in [3.8, 4) is 0 Å². The summed E-state index contributed by atoms with van der Waals surface area (Å²) in [6, 6.07) is 2.86. The summed E-state index contributed by atoms with van der Waals surface area (Å²) in [5.41, 5.74) is 1.71. The highest BCUT2D eigenvalue weighted by molar-refractivity contribution is 5.94. The zero-order valence-electron chi connectivity index (χ0n) is 15.0. The van der Waals surface area contributed by atoms with Crippen LogP contribution in [-0.4, -0.2) is 44.0 Å². The molecule has 7 heteroatoms. The molecule has 1 aromatic carbocycles. The first-order valence-corrected chi connectivity index (χ1v) is 7.78. The van der Waals surface area contributed by atoms with E-state index in [0.717, 1.165) is 12.2 Å². The van der Waals surface area contributed by atoms with Crippen molar-refractivity contribution in [2.45, 2.75) is 13.8 Å². The van der Waals surface area contributed by atoms with Crippen LogP contribution in [0.15, 0.2) is 30.5 Å². The summed E-state index contributed by atoms with van der Waals surface area (Å²) in [6.45, 7) is 8.41. The molecule has 0 atom stereocenters. The molecule has 0 fully saturated rings. The number of methoxy groups -OCH3 is 1. The molecule has 136 valence electrons. The molecule has 1 rings (SSSR count). The van der Waals surface area contributed by atoms with E-state index in [9.17, 15) is 14.0 Å². The topological polar surface area (TPSA) is 70.7 Å². The van der Waals surface area contributed by atoms with E-state index in [1.807, 2.05) is 18.9 Å². The Bertz CT molecular complexity index is 686. The minimum atomic E-state index is -0.612. The summed E-state index contributed by atoms with van der Waals surface area (Å²) in [6.07, 6.45) is 2.63. The molecule has 0 aromatic heterocycles. The second-order valence-electron chi connectivity index (χ2n) is 5.40. The van der Waals surface area contributed by atoms with Crippen LogP contribution in [0.4, 0.5) is 15.8 Å². The third-order valence-corrected chi connectivity index (χ3v) is 3.52. The molecule has 2 N–H and O–H groups in total. The minimum Gasteiger partial charge on any atom is -0.466 e. The number of nitrogens with zero attached hydrogens (tertiary/aromatic N) is 1. The molecule has 0 saturated carbocycles. The van der Waals surface area contributed by atoms with Crippen LogP contribution in [0, 0.1) is 5.82 Å². The number of likely N-dealkylation sites (N-methyl/N-ethyl adjacent to an activating group) is 1. The fourth-order valence-electron chi connectivity index (χ4n) is 1.95. The van der Waals surface area contributed by atoms with Gasteiger partial charge in [-0.2, -0.15) is 0 Å². The lowest BCUT2D eigenvalue weighted by Gasteiger charge is -2.21. The second-order valence-corrected chi connectivity index (χ2v) is 5.40. The summed E-state index contributed by atoms with van der Waals surface area (Å²) in [7, 11) is 3.16. The van der Waals surface area contributed by atoms with Gasteiger partial charge in [0.25, 0.3) is 0 Å². The van der Waals surface area contributed by atoms with E-state index in [2.05, 4.69) is 21.9 Å². The van der Waals surface area contributed by atoms with Crippen LogP contribution >= 0.6 is 0 Å². The highest BCUT2D eigenvalue weighted by atomic mass is 19.1. The zero-order chi connectivity index (χ0) is 19.0. The van der Waals surface area contributed by atoms with Crippen LogP contribution in [0.3, 0.4) is 0 Å². The summed E-state index contributed by atoms with van der Waals surface area (Å²) in [5.74, 6) is -1.54. The third-order valence-electron chi connectivity index (χ3n) is 3.52. The molecule has 0 heterocycles. The van der Waals surface area contributed by atoms with Crippen LogP contribution < -0.4 is 10.6 Å². The van der Waals surface area contributed by atoms with Gasteiger partial charge in [0.05, 0.1) is 19.3 Å². The fourth-order valence-corrected chi connectivity index (χ4v) is 1.95. The number of ether oxygens (including phenoxy) is 1. The van der Waals surface area contributed by atoms with Crippen molar-refractivity contribution >= 4 is 29.3 Å². The predicted octanol–water partition coefficient (Wildman–Crippen LogP) is 2.85. The van der Waals surface area contributed by atoms with Gasteiger partial charge < -0.3 is 20.3 Å². The Morgan fingerprint density at radius 3 is 2.64 bits per heavy atom. The second kappa shape index (κ2) is 9.46. The smallest absolute Gasteiger partial charge is 0.330 e. The van der Waals surface area contributed by atoms with Crippen LogP contribution in [0.5, 0.6) is 0 Å². The van der Waals surface area contributed by atoms with Crippen molar-refractivity contribution in [1.29, 1.82) is 0 Å². The van der Waals surface area contributed by atoms with Crippen LogP contribution in [0.2, 0.25) is 0 Å². The zero-order valence-corrected chi connectivity index (χ0v) is 15.0. The number of benzene rings is 1. The van der Waals surface area contributed by atoms with Gasteiger partial charge in [-0.05, 0) is 30.7 Å². The maximum Gasteiger partial charge on any atom is 0.330 e. The molecule has 0 aliphatic heterocycles. The number of carbonyl (C=O) groups is 2. The first-order chi connectivity index (χ1) is 11.8. The molecular weight excluding hydrogens is 325 g/mol. The SMILES string of the molecule is C=C(CNc1cc(/C=C/C(=O)OC)cc(F)c1NC(C)=O)N(C)CC. The maximum absolute atomic E-state index is 14.4. The van der Waals surface area contributed by atoms with E-state index in [0.29, 0.717) is 17.8 Å². The Morgan fingerprint density at radius 1 is 1.40 bits per heavy atom. The van der Waals surface area contributed by atoms with Crippen LogP contribution in [0.1, 0.15) is 19.4 Å². The fraction of sp³-hybridized carbons (Fsp3) is 0.333. The number of hydrogen-bond donors (Lipinski definition) is 2. The molecule has 25 heavy (non-hydrogen) atoms. The normalized spacial score (nSPS) is 10.4. The number of anilines is 2. The molecule has 0 bridgehead atoms.